The van der Waals surface area contributed by atoms with Crippen LogP contribution in [0.4, 0.5) is 18.9 Å². The van der Waals surface area contributed by atoms with Gasteiger partial charge in [-0.1, -0.05) is 30.3 Å². The van der Waals surface area contributed by atoms with E-state index in [0.717, 1.165) is 17.7 Å². The quantitative estimate of drug-likeness (QED) is 0.618. The molecule has 0 fully saturated rings. The number of hydrogen-bond acceptors (Lipinski definition) is 5. The molecule has 0 unspecified atom stereocenters. The van der Waals surface area contributed by atoms with E-state index in [0.29, 0.717) is 5.82 Å². The summed E-state index contributed by atoms with van der Waals surface area (Å²) < 4.78 is 61.8. The summed E-state index contributed by atoms with van der Waals surface area (Å²) in [6.07, 6.45) is -1.96. The highest BCUT2D eigenvalue weighted by molar-refractivity contribution is 7.89. The molecule has 3 rings (SSSR count). The SMILES string of the molecule is O=C(Nc1ccc(S(=O)(=O)NCC(F)(F)F)cc1)c1cnc(-c2ccccc2)nc1. The fraction of sp³-hybridized carbons (Fsp3) is 0.105. The summed E-state index contributed by atoms with van der Waals surface area (Å²) in [4.78, 5) is 20.2. The molecule has 0 radical (unpaired) electrons. The van der Waals surface area contributed by atoms with Crippen molar-refractivity contribution in [2.75, 3.05) is 11.9 Å². The largest absolute Gasteiger partial charge is 0.402 e. The molecular formula is C19H15F3N4O3S. The number of anilines is 1. The zero-order chi connectivity index (χ0) is 21.8. The first-order valence-electron chi connectivity index (χ1n) is 8.49. The zero-order valence-electron chi connectivity index (χ0n) is 15.2. The van der Waals surface area contributed by atoms with E-state index in [1.54, 1.807) is 0 Å². The minimum atomic E-state index is -4.67. The minimum absolute atomic E-state index is 0.179. The first kappa shape index (κ1) is 21.4. The Labute approximate surface area is 170 Å². The third kappa shape index (κ3) is 5.61. The molecule has 0 saturated heterocycles. The number of rotatable bonds is 6. The van der Waals surface area contributed by atoms with Gasteiger partial charge in [0.15, 0.2) is 5.82 Å². The summed E-state index contributed by atoms with van der Waals surface area (Å²) in [5, 5.41) is 2.54. The molecule has 0 aliphatic rings. The van der Waals surface area contributed by atoms with Crippen LogP contribution < -0.4 is 10.0 Å². The van der Waals surface area contributed by atoms with Crippen LogP contribution in [0.1, 0.15) is 10.4 Å². The summed E-state index contributed by atoms with van der Waals surface area (Å²) in [5.74, 6) is -0.0755. The predicted octanol–water partition coefficient (Wildman–Crippen LogP) is 3.24. The molecular weight excluding hydrogens is 421 g/mol. The van der Waals surface area contributed by atoms with Gasteiger partial charge in [-0.15, -0.1) is 0 Å². The summed E-state index contributed by atoms with van der Waals surface area (Å²) in [6.45, 7) is -1.67. The number of sulfonamides is 1. The fourth-order valence-corrected chi connectivity index (χ4v) is 3.38. The van der Waals surface area contributed by atoms with Gasteiger partial charge in [-0.25, -0.2) is 23.1 Å². The average Bonchev–Trinajstić information content (AvgIpc) is 2.73. The van der Waals surface area contributed by atoms with Crippen molar-refractivity contribution in [1.29, 1.82) is 0 Å². The Balaban J connectivity index is 1.66. The first-order valence-corrected chi connectivity index (χ1v) is 9.98. The molecule has 156 valence electrons. The molecule has 3 aromatic rings. The van der Waals surface area contributed by atoms with Gasteiger partial charge >= 0.3 is 6.18 Å². The maximum atomic E-state index is 12.3. The average molecular weight is 436 g/mol. The molecule has 0 saturated carbocycles. The monoisotopic (exact) mass is 436 g/mol. The topological polar surface area (TPSA) is 101 Å². The molecule has 30 heavy (non-hydrogen) atoms. The predicted molar refractivity (Wildman–Crippen MR) is 103 cm³/mol. The number of nitrogens with zero attached hydrogens (tertiary/aromatic N) is 2. The Morgan fingerprint density at radius 2 is 1.53 bits per heavy atom. The third-order valence-corrected chi connectivity index (χ3v) is 5.25. The summed E-state index contributed by atoms with van der Waals surface area (Å²) in [6, 6.07) is 13.9. The van der Waals surface area contributed by atoms with Gasteiger partial charge in [0, 0.05) is 23.6 Å². The van der Waals surface area contributed by atoms with Crippen molar-refractivity contribution in [2.45, 2.75) is 11.1 Å². The van der Waals surface area contributed by atoms with E-state index in [1.165, 1.54) is 29.2 Å². The van der Waals surface area contributed by atoms with Crippen molar-refractivity contribution in [2.24, 2.45) is 0 Å². The second-order valence-electron chi connectivity index (χ2n) is 6.08. The maximum absolute atomic E-state index is 12.3. The lowest BCUT2D eigenvalue weighted by atomic mass is 10.2. The van der Waals surface area contributed by atoms with Crippen LogP contribution in [0, 0.1) is 0 Å². The van der Waals surface area contributed by atoms with E-state index in [-0.39, 0.29) is 16.1 Å². The number of halogens is 3. The molecule has 7 nitrogen and oxygen atoms in total. The zero-order valence-corrected chi connectivity index (χ0v) is 16.0. The van der Waals surface area contributed by atoms with E-state index in [1.807, 2.05) is 30.3 Å². The van der Waals surface area contributed by atoms with Gasteiger partial charge in [-0.3, -0.25) is 4.79 Å². The van der Waals surface area contributed by atoms with Crippen LogP contribution in [0.25, 0.3) is 11.4 Å². The standard InChI is InChI=1S/C19H15F3N4O3S/c20-19(21,22)12-25-30(28,29)16-8-6-15(7-9-16)26-18(27)14-10-23-17(24-11-14)13-4-2-1-3-5-13/h1-11,25H,12H2,(H,26,27). The van der Waals surface area contributed by atoms with Crippen molar-refractivity contribution < 1.29 is 26.4 Å². The Morgan fingerprint density at radius 1 is 0.933 bits per heavy atom. The molecule has 1 aromatic heterocycles. The highest BCUT2D eigenvalue weighted by Crippen LogP contribution is 2.18. The van der Waals surface area contributed by atoms with Crippen molar-refractivity contribution in [3.63, 3.8) is 0 Å². The lowest BCUT2D eigenvalue weighted by molar-refractivity contribution is -0.121. The van der Waals surface area contributed by atoms with Crippen LogP contribution in [0.5, 0.6) is 0 Å². The Hall–Kier alpha value is -3.31. The highest BCUT2D eigenvalue weighted by atomic mass is 32.2. The summed E-state index contributed by atoms with van der Waals surface area (Å²) >= 11 is 0. The van der Waals surface area contributed by atoms with Crippen molar-refractivity contribution in [1.82, 2.24) is 14.7 Å². The first-order chi connectivity index (χ1) is 14.1. The molecule has 2 aromatic carbocycles. The van der Waals surface area contributed by atoms with Gasteiger partial charge < -0.3 is 5.32 Å². The van der Waals surface area contributed by atoms with Gasteiger partial charge in [0.1, 0.15) is 6.54 Å². The van der Waals surface area contributed by atoms with Crippen LogP contribution in [0.3, 0.4) is 0 Å². The lowest BCUT2D eigenvalue weighted by Gasteiger charge is -2.10. The van der Waals surface area contributed by atoms with Gasteiger partial charge in [-0.05, 0) is 24.3 Å². The molecule has 0 bridgehead atoms. The molecule has 0 atom stereocenters. The van der Waals surface area contributed by atoms with E-state index < -0.39 is 28.7 Å². The van der Waals surface area contributed by atoms with Crippen molar-refractivity contribution in [3.8, 4) is 11.4 Å². The molecule has 0 aliphatic carbocycles. The Kier molecular flexibility index (Phi) is 6.13. The van der Waals surface area contributed by atoms with Crippen LogP contribution in [-0.2, 0) is 10.0 Å². The van der Waals surface area contributed by atoms with Gasteiger partial charge in [0.2, 0.25) is 10.0 Å². The maximum Gasteiger partial charge on any atom is 0.402 e. The molecule has 0 aliphatic heterocycles. The van der Waals surface area contributed by atoms with E-state index in [9.17, 15) is 26.4 Å². The molecule has 2 N–H and O–H groups in total. The van der Waals surface area contributed by atoms with Gasteiger partial charge in [0.25, 0.3) is 5.91 Å². The number of alkyl halides is 3. The number of aromatic nitrogens is 2. The van der Waals surface area contributed by atoms with Crippen LogP contribution in [-0.4, -0.2) is 37.0 Å². The molecule has 0 spiro atoms. The number of nitrogens with one attached hydrogen (secondary N) is 2. The van der Waals surface area contributed by atoms with Crippen LogP contribution in [0.15, 0.2) is 71.9 Å². The number of hydrogen-bond donors (Lipinski definition) is 2. The van der Waals surface area contributed by atoms with Gasteiger partial charge in [-0.2, -0.15) is 13.2 Å². The second kappa shape index (κ2) is 8.59. The highest BCUT2D eigenvalue weighted by Gasteiger charge is 2.30. The van der Waals surface area contributed by atoms with Crippen LogP contribution >= 0.6 is 0 Å². The Bertz CT molecular complexity index is 1120. The molecule has 11 heteroatoms. The van der Waals surface area contributed by atoms with E-state index >= 15 is 0 Å². The summed E-state index contributed by atoms with van der Waals surface area (Å²) in [5.41, 5.74) is 1.22. The number of carbonyl (C=O) groups is 1. The minimum Gasteiger partial charge on any atom is -0.322 e. The Morgan fingerprint density at radius 3 is 2.10 bits per heavy atom. The number of carbonyl (C=O) groups excluding carboxylic acids is 1. The smallest absolute Gasteiger partial charge is 0.322 e. The van der Waals surface area contributed by atoms with E-state index in [4.69, 9.17) is 0 Å². The van der Waals surface area contributed by atoms with E-state index in [2.05, 4.69) is 15.3 Å². The van der Waals surface area contributed by atoms with Crippen molar-refractivity contribution >= 4 is 21.6 Å². The van der Waals surface area contributed by atoms with Crippen molar-refractivity contribution in [3.05, 3.63) is 72.6 Å². The summed E-state index contributed by atoms with van der Waals surface area (Å²) in [7, 11) is -4.32. The molecule has 1 heterocycles. The van der Waals surface area contributed by atoms with Gasteiger partial charge in [0.05, 0.1) is 10.5 Å². The normalized spacial score (nSPS) is 11.8. The second-order valence-corrected chi connectivity index (χ2v) is 7.85. The number of amides is 1. The van der Waals surface area contributed by atoms with Crippen LogP contribution in [0.2, 0.25) is 0 Å². The lowest BCUT2D eigenvalue weighted by Crippen LogP contribution is -2.33. The fourth-order valence-electron chi connectivity index (χ4n) is 2.36. The molecule has 1 amide bonds. The third-order valence-electron chi connectivity index (χ3n) is 3.83. The number of benzene rings is 2.